The Morgan fingerprint density at radius 1 is 1.38 bits per heavy atom. The fourth-order valence-electron chi connectivity index (χ4n) is 1.77. The summed E-state index contributed by atoms with van der Waals surface area (Å²) in [6, 6.07) is 6.19. The van der Waals surface area contributed by atoms with E-state index in [0.717, 1.165) is 11.9 Å². The fourth-order valence-corrected chi connectivity index (χ4v) is 2.37. The monoisotopic (exact) mass is 332 g/mol. The van der Waals surface area contributed by atoms with Gasteiger partial charge in [0.25, 0.3) is 10.1 Å². The molecule has 21 heavy (non-hydrogen) atoms. The van der Waals surface area contributed by atoms with Gasteiger partial charge in [-0.05, 0) is 37.1 Å². The third kappa shape index (κ3) is 4.80. The molecule has 0 saturated heterocycles. The van der Waals surface area contributed by atoms with Crippen molar-refractivity contribution in [1.82, 2.24) is 10.2 Å². The van der Waals surface area contributed by atoms with Crippen LogP contribution in [0, 0.1) is 5.82 Å². The number of nitrogens with zero attached hydrogens (tertiary/aromatic N) is 1. The van der Waals surface area contributed by atoms with Crippen LogP contribution in [0.4, 0.5) is 4.39 Å². The molecule has 0 amide bonds. The lowest BCUT2D eigenvalue weighted by Crippen LogP contribution is -2.04. The van der Waals surface area contributed by atoms with Crippen molar-refractivity contribution in [2.75, 3.05) is 12.9 Å². The van der Waals surface area contributed by atoms with Crippen molar-refractivity contribution in [3.63, 3.8) is 0 Å². The van der Waals surface area contributed by atoms with E-state index in [2.05, 4.69) is 14.4 Å². The van der Waals surface area contributed by atoms with Crippen LogP contribution in [0.2, 0.25) is 5.02 Å². The van der Waals surface area contributed by atoms with Gasteiger partial charge in [0.1, 0.15) is 5.82 Å². The number of hydrogen-bond acceptors (Lipinski definition) is 4. The van der Waals surface area contributed by atoms with Gasteiger partial charge in [-0.15, -0.1) is 0 Å². The molecule has 5 nitrogen and oxygen atoms in total. The number of aryl methyl sites for hydroxylation is 1. The van der Waals surface area contributed by atoms with E-state index in [9.17, 15) is 12.8 Å². The highest BCUT2D eigenvalue weighted by Crippen LogP contribution is 2.24. The van der Waals surface area contributed by atoms with E-state index in [1.165, 1.54) is 12.1 Å². The maximum Gasteiger partial charge on any atom is 0.264 e. The number of H-pyrrole nitrogens is 1. The first kappa shape index (κ1) is 15.9. The summed E-state index contributed by atoms with van der Waals surface area (Å²) in [6.45, 7) is 0.121. The standard InChI is InChI=1S/C13H14ClFN2O3S/c1-21(18,19)20-6-2-3-10-8-13(17-16-10)9-4-5-12(15)11(14)7-9/h4-5,7-8H,2-3,6H2,1H3,(H,16,17). The van der Waals surface area contributed by atoms with E-state index in [1.807, 2.05) is 6.07 Å². The van der Waals surface area contributed by atoms with E-state index in [4.69, 9.17) is 11.6 Å². The van der Waals surface area contributed by atoms with Crippen LogP contribution >= 0.6 is 11.6 Å². The highest BCUT2D eigenvalue weighted by molar-refractivity contribution is 7.85. The Hall–Kier alpha value is -1.44. The number of nitrogens with one attached hydrogen (secondary N) is 1. The van der Waals surface area contributed by atoms with Gasteiger partial charge in [-0.3, -0.25) is 9.28 Å². The molecule has 1 aromatic heterocycles. The minimum atomic E-state index is -3.40. The molecule has 0 atom stereocenters. The number of benzene rings is 1. The van der Waals surface area contributed by atoms with Crippen LogP contribution in [0.3, 0.4) is 0 Å². The lowest BCUT2D eigenvalue weighted by atomic mass is 10.1. The highest BCUT2D eigenvalue weighted by Gasteiger charge is 2.08. The summed E-state index contributed by atoms with van der Waals surface area (Å²) < 4.78 is 39.4. The second-order valence-corrected chi connectivity index (χ2v) is 6.59. The SMILES string of the molecule is CS(=O)(=O)OCCCc1cc(-c2ccc(F)c(Cl)c2)n[nH]1. The van der Waals surface area contributed by atoms with Crippen LogP contribution in [0.25, 0.3) is 11.3 Å². The third-order valence-electron chi connectivity index (χ3n) is 2.73. The van der Waals surface area contributed by atoms with E-state index in [0.29, 0.717) is 24.1 Å². The summed E-state index contributed by atoms with van der Waals surface area (Å²) in [4.78, 5) is 0. The maximum atomic E-state index is 13.1. The van der Waals surface area contributed by atoms with E-state index >= 15 is 0 Å². The normalized spacial score (nSPS) is 11.8. The molecule has 1 aromatic carbocycles. The molecule has 0 saturated carbocycles. The van der Waals surface area contributed by atoms with Gasteiger partial charge in [-0.25, -0.2) is 4.39 Å². The average molecular weight is 333 g/mol. The predicted octanol–water partition coefficient (Wildman–Crippen LogP) is 2.78. The molecule has 0 radical (unpaired) electrons. The topological polar surface area (TPSA) is 72.1 Å². The molecular weight excluding hydrogens is 319 g/mol. The summed E-state index contributed by atoms with van der Waals surface area (Å²) in [5.74, 6) is -0.478. The van der Waals surface area contributed by atoms with Crippen LogP contribution in [-0.2, 0) is 20.7 Å². The summed E-state index contributed by atoms with van der Waals surface area (Å²) >= 11 is 5.73. The molecular formula is C13H14ClFN2O3S. The van der Waals surface area contributed by atoms with Gasteiger partial charge in [0, 0.05) is 11.3 Å². The van der Waals surface area contributed by atoms with Crippen molar-refractivity contribution < 1.29 is 17.0 Å². The Balaban J connectivity index is 1.96. The van der Waals surface area contributed by atoms with E-state index in [1.54, 1.807) is 6.07 Å². The molecule has 8 heteroatoms. The van der Waals surface area contributed by atoms with Gasteiger partial charge < -0.3 is 0 Å². The third-order valence-corrected chi connectivity index (χ3v) is 3.62. The van der Waals surface area contributed by atoms with Gasteiger partial charge >= 0.3 is 0 Å². The first-order valence-corrected chi connectivity index (χ1v) is 8.39. The summed E-state index contributed by atoms with van der Waals surface area (Å²) in [5, 5.41) is 7.00. The number of aromatic amines is 1. The molecule has 2 aromatic rings. The minimum absolute atomic E-state index is 0.0404. The van der Waals surface area contributed by atoms with Crippen molar-refractivity contribution in [3.8, 4) is 11.3 Å². The second kappa shape index (κ2) is 6.55. The first-order chi connectivity index (χ1) is 9.85. The van der Waals surface area contributed by atoms with Crippen LogP contribution in [-0.4, -0.2) is 31.5 Å². The molecule has 1 heterocycles. The lowest BCUT2D eigenvalue weighted by molar-refractivity contribution is 0.315. The largest absolute Gasteiger partial charge is 0.282 e. The van der Waals surface area contributed by atoms with Crippen LogP contribution in [0.15, 0.2) is 24.3 Å². The number of halogens is 2. The molecule has 0 aliphatic heterocycles. The van der Waals surface area contributed by atoms with E-state index in [-0.39, 0.29) is 11.6 Å². The maximum absolute atomic E-state index is 13.1. The number of aromatic nitrogens is 2. The van der Waals surface area contributed by atoms with Crippen LogP contribution < -0.4 is 0 Å². The molecule has 1 N–H and O–H groups in total. The number of hydrogen-bond donors (Lipinski definition) is 1. The zero-order chi connectivity index (χ0) is 15.5. The zero-order valence-electron chi connectivity index (χ0n) is 11.3. The quantitative estimate of drug-likeness (QED) is 0.652. The Bertz CT molecular complexity index is 731. The lowest BCUT2D eigenvalue weighted by Gasteiger charge is -1.99. The van der Waals surface area contributed by atoms with Gasteiger partial charge in [0.2, 0.25) is 0 Å². The molecule has 0 aliphatic rings. The summed E-state index contributed by atoms with van der Waals surface area (Å²) in [6.07, 6.45) is 2.15. The fraction of sp³-hybridized carbons (Fsp3) is 0.308. The van der Waals surface area contributed by atoms with Crippen LogP contribution in [0.1, 0.15) is 12.1 Å². The molecule has 0 fully saturated rings. The van der Waals surface area contributed by atoms with Crippen LogP contribution in [0.5, 0.6) is 0 Å². The Kier molecular flexibility index (Phi) is 4.97. The smallest absolute Gasteiger partial charge is 0.264 e. The summed E-state index contributed by atoms with van der Waals surface area (Å²) in [5.41, 5.74) is 2.19. The average Bonchev–Trinajstić information content (AvgIpc) is 2.86. The predicted molar refractivity (Wildman–Crippen MR) is 78.1 cm³/mol. The Morgan fingerprint density at radius 3 is 2.81 bits per heavy atom. The van der Waals surface area contributed by atoms with Gasteiger partial charge in [-0.2, -0.15) is 13.5 Å². The molecule has 0 bridgehead atoms. The van der Waals surface area contributed by atoms with Gasteiger partial charge in [0.15, 0.2) is 0 Å². The molecule has 0 spiro atoms. The zero-order valence-corrected chi connectivity index (χ0v) is 12.8. The van der Waals surface area contributed by atoms with Crippen molar-refractivity contribution in [3.05, 3.63) is 40.8 Å². The Labute approximate surface area is 127 Å². The van der Waals surface area contributed by atoms with Gasteiger partial charge in [-0.1, -0.05) is 11.6 Å². The molecule has 0 aliphatic carbocycles. The number of rotatable bonds is 6. The van der Waals surface area contributed by atoms with Gasteiger partial charge in [0.05, 0.1) is 23.6 Å². The first-order valence-electron chi connectivity index (χ1n) is 6.19. The van der Waals surface area contributed by atoms with Crippen molar-refractivity contribution in [2.24, 2.45) is 0 Å². The molecule has 114 valence electrons. The Morgan fingerprint density at radius 2 is 2.14 bits per heavy atom. The van der Waals surface area contributed by atoms with Crippen molar-refractivity contribution >= 4 is 21.7 Å². The minimum Gasteiger partial charge on any atom is -0.282 e. The van der Waals surface area contributed by atoms with Crippen molar-refractivity contribution in [1.29, 1.82) is 0 Å². The molecule has 0 unspecified atom stereocenters. The van der Waals surface area contributed by atoms with Crippen molar-refractivity contribution in [2.45, 2.75) is 12.8 Å². The van der Waals surface area contributed by atoms with E-state index < -0.39 is 15.9 Å². The molecule has 2 rings (SSSR count). The highest BCUT2D eigenvalue weighted by atomic mass is 35.5. The summed E-state index contributed by atoms with van der Waals surface area (Å²) in [7, 11) is -3.40. The second-order valence-electron chi connectivity index (χ2n) is 4.54.